The Morgan fingerprint density at radius 3 is 2.89 bits per heavy atom. The summed E-state index contributed by atoms with van der Waals surface area (Å²) >= 11 is 0. The SMILES string of the molecule is CCC(Nc1ccc([N+](=O)[O-])cc1F)c1ncc[nH]1. The molecule has 2 aromatic rings. The number of hydrogen-bond acceptors (Lipinski definition) is 4. The zero-order valence-corrected chi connectivity index (χ0v) is 10.3. The van der Waals surface area contributed by atoms with E-state index >= 15 is 0 Å². The number of halogens is 1. The predicted molar refractivity (Wildman–Crippen MR) is 68.3 cm³/mol. The number of rotatable bonds is 5. The lowest BCUT2D eigenvalue weighted by molar-refractivity contribution is -0.385. The molecule has 100 valence electrons. The highest BCUT2D eigenvalue weighted by Crippen LogP contribution is 2.25. The third-order valence-electron chi connectivity index (χ3n) is 2.75. The zero-order chi connectivity index (χ0) is 13.8. The molecule has 1 unspecified atom stereocenters. The van der Waals surface area contributed by atoms with Gasteiger partial charge in [-0.1, -0.05) is 6.92 Å². The van der Waals surface area contributed by atoms with Crippen molar-refractivity contribution in [3.05, 3.63) is 52.3 Å². The number of non-ortho nitro benzene ring substituents is 1. The largest absolute Gasteiger partial charge is 0.373 e. The number of nitrogens with one attached hydrogen (secondary N) is 2. The zero-order valence-electron chi connectivity index (χ0n) is 10.3. The normalized spacial score (nSPS) is 12.1. The van der Waals surface area contributed by atoms with Crippen LogP contribution in [0.3, 0.4) is 0 Å². The molecule has 2 N–H and O–H groups in total. The van der Waals surface area contributed by atoms with Crippen LogP contribution in [0.15, 0.2) is 30.6 Å². The molecule has 1 aromatic heterocycles. The summed E-state index contributed by atoms with van der Waals surface area (Å²) in [4.78, 5) is 17.0. The second kappa shape index (κ2) is 5.47. The smallest absolute Gasteiger partial charge is 0.272 e. The maximum absolute atomic E-state index is 13.8. The Labute approximate surface area is 108 Å². The van der Waals surface area contributed by atoms with Crippen LogP contribution >= 0.6 is 0 Å². The summed E-state index contributed by atoms with van der Waals surface area (Å²) in [6.07, 6.45) is 4.00. The van der Waals surface area contributed by atoms with Gasteiger partial charge >= 0.3 is 0 Å². The summed E-state index contributed by atoms with van der Waals surface area (Å²) < 4.78 is 13.8. The van der Waals surface area contributed by atoms with Crippen LogP contribution in [-0.2, 0) is 0 Å². The van der Waals surface area contributed by atoms with E-state index in [9.17, 15) is 14.5 Å². The molecular formula is C12H13FN4O2. The molecule has 0 radical (unpaired) electrons. The van der Waals surface area contributed by atoms with Crippen LogP contribution in [0.4, 0.5) is 15.8 Å². The van der Waals surface area contributed by atoms with Gasteiger partial charge in [0.15, 0.2) is 5.82 Å². The molecule has 0 saturated heterocycles. The van der Waals surface area contributed by atoms with Crippen molar-refractivity contribution in [1.82, 2.24) is 9.97 Å². The number of H-pyrrole nitrogens is 1. The highest BCUT2D eigenvalue weighted by Gasteiger charge is 2.15. The molecule has 7 heteroatoms. The third kappa shape index (κ3) is 2.87. The summed E-state index contributed by atoms with van der Waals surface area (Å²) in [5.74, 6) is 0.0412. The first kappa shape index (κ1) is 13.0. The highest BCUT2D eigenvalue weighted by molar-refractivity contribution is 5.51. The highest BCUT2D eigenvalue weighted by atomic mass is 19.1. The van der Waals surface area contributed by atoms with Crippen molar-refractivity contribution >= 4 is 11.4 Å². The molecule has 2 rings (SSSR count). The number of nitro groups is 1. The molecule has 0 fully saturated rings. The summed E-state index contributed by atoms with van der Waals surface area (Å²) in [6.45, 7) is 1.93. The van der Waals surface area contributed by atoms with Gasteiger partial charge in [-0.3, -0.25) is 10.1 Å². The van der Waals surface area contributed by atoms with Crippen molar-refractivity contribution in [2.24, 2.45) is 0 Å². The van der Waals surface area contributed by atoms with Crippen LogP contribution in [-0.4, -0.2) is 14.9 Å². The Morgan fingerprint density at radius 1 is 1.58 bits per heavy atom. The second-order valence-corrected chi connectivity index (χ2v) is 4.00. The molecule has 0 aliphatic carbocycles. The lowest BCUT2D eigenvalue weighted by Crippen LogP contribution is -2.12. The number of aromatic amines is 1. The molecule has 0 aliphatic rings. The average Bonchev–Trinajstić information content (AvgIpc) is 2.91. The van der Waals surface area contributed by atoms with Crippen LogP contribution < -0.4 is 5.32 Å². The molecule has 0 spiro atoms. The number of anilines is 1. The van der Waals surface area contributed by atoms with Crippen molar-refractivity contribution in [3.63, 3.8) is 0 Å². The number of hydrogen-bond donors (Lipinski definition) is 2. The Hall–Kier alpha value is -2.44. The first-order valence-corrected chi connectivity index (χ1v) is 5.81. The van der Waals surface area contributed by atoms with E-state index in [1.807, 2.05) is 6.92 Å². The van der Waals surface area contributed by atoms with Crippen LogP contribution in [0, 0.1) is 15.9 Å². The van der Waals surface area contributed by atoms with Crippen LogP contribution in [0.5, 0.6) is 0 Å². The molecule has 19 heavy (non-hydrogen) atoms. The monoisotopic (exact) mass is 264 g/mol. The number of aromatic nitrogens is 2. The molecule has 6 nitrogen and oxygen atoms in total. The van der Waals surface area contributed by atoms with Gasteiger partial charge in [0, 0.05) is 18.5 Å². The van der Waals surface area contributed by atoms with Crippen molar-refractivity contribution in [1.29, 1.82) is 0 Å². The summed E-state index contributed by atoms with van der Waals surface area (Å²) in [7, 11) is 0. The third-order valence-corrected chi connectivity index (χ3v) is 2.75. The second-order valence-electron chi connectivity index (χ2n) is 4.00. The molecule has 0 amide bonds. The van der Waals surface area contributed by atoms with Gasteiger partial charge in [-0.15, -0.1) is 0 Å². The summed E-state index contributed by atoms with van der Waals surface area (Å²) in [5, 5.41) is 13.5. The van der Waals surface area contributed by atoms with E-state index in [1.54, 1.807) is 12.4 Å². The van der Waals surface area contributed by atoms with Crippen molar-refractivity contribution in [3.8, 4) is 0 Å². The minimum absolute atomic E-state index is 0.175. The molecule has 1 atom stereocenters. The first-order chi connectivity index (χ1) is 9.11. The lowest BCUT2D eigenvalue weighted by Gasteiger charge is -2.16. The molecule has 0 saturated carbocycles. The Kier molecular flexibility index (Phi) is 3.74. The van der Waals surface area contributed by atoms with Crippen molar-refractivity contribution < 1.29 is 9.31 Å². The van der Waals surface area contributed by atoms with Crippen LogP contribution in [0.25, 0.3) is 0 Å². The van der Waals surface area contributed by atoms with E-state index in [2.05, 4.69) is 15.3 Å². The fraction of sp³-hybridized carbons (Fsp3) is 0.250. The van der Waals surface area contributed by atoms with Crippen LogP contribution in [0.2, 0.25) is 0 Å². The minimum atomic E-state index is -0.654. The lowest BCUT2D eigenvalue weighted by atomic mass is 10.2. The van der Waals surface area contributed by atoms with Crippen molar-refractivity contribution in [2.45, 2.75) is 19.4 Å². The Balaban J connectivity index is 2.21. The van der Waals surface area contributed by atoms with Crippen molar-refractivity contribution in [2.75, 3.05) is 5.32 Å². The number of imidazole rings is 1. The molecule has 1 heterocycles. The van der Waals surface area contributed by atoms with Gasteiger partial charge in [-0.2, -0.15) is 0 Å². The Morgan fingerprint density at radius 2 is 2.37 bits per heavy atom. The number of nitro benzene ring substituents is 1. The van der Waals surface area contributed by atoms with Gasteiger partial charge in [-0.25, -0.2) is 9.37 Å². The Bertz CT molecular complexity index is 571. The maximum Gasteiger partial charge on any atom is 0.272 e. The van der Waals surface area contributed by atoms with E-state index in [1.165, 1.54) is 12.1 Å². The summed E-state index contributed by atoms with van der Waals surface area (Å²) in [5.41, 5.74) is -0.0528. The number of nitrogens with zero attached hydrogens (tertiary/aromatic N) is 2. The maximum atomic E-state index is 13.8. The molecule has 1 aromatic carbocycles. The van der Waals surface area contributed by atoms with Gasteiger partial charge in [0.1, 0.15) is 5.82 Å². The van der Waals surface area contributed by atoms with E-state index in [4.69, 9.17) is 0 Å². The van der Waals surface area contributed by atoms with Gasteiger partial charge in [0.2, 0.25) is 0 Å². The average molecular weight is 264 g/mol. The predicted octanol–water partition coefficient (Wildman–Crippen LogP) is 3.02. The minimum Gasteiger partial charge on any atom is -0.373 e. The standard InChI is InChI=1S/C12H13FN4O2/c1-2-10(12-14-5-6-15-12)16-11-4-3-8(17(18)19)7-9(11)13/h3-7,10,16H,2H2,1H3,(H,14,15). The molecule has 0 aliphatic heterocycles. The topological polar surface area (TPSA) is 83.8 Å². The van der Waals surface area contributed by atoms with Crippen LogP contribution in [0.1, 0.15) is 25.2 Å². The fourth-order valence-electron chi connectivity index (χ4n) is 1.75. The van der Waals surface area contributed by atoms with Gasteiger partial charge in [0.05, 0.1) is 22.7 Å². The van der Waals surface area contributed by atoms with Gasteiger partial charge in [0.25, 0.3) is 5.69 Å². The van der Waals surface area contributed by atoms with E-state index in [0.29, 0.717) is 12.2 Å². The van der Waals surface area contributed by atoms with Gasteiger partial charge < -0.3 is 10.3 Å². The van der Waals surface area contributed by atoms with Gasteiger partial charge in [-0.05, 0) is 12.5 Å². The molecular weight excluding hydrogens is 251 g/mol. The van der Waals surface area contributed by atoms with E-state index < -0.39 is 10.7 Å². The molecule has 0 bridgehead atoms. The quantitative estimate of drug-likeness (QED) is 0.642. The van der Waals surface area contributed by atoms with E-state index in [-0.39, 0.29) is 17.4 Å². The fourth-order valence-corrected chi connectivity index (χ4v) is 1.75. The number of benzene rings is 1. The van der Waals surface area contributed by atoms with E-state index in [0.717, 1.165) is 6.07 Å². The first-order valence-electron chi connectivity index (χ1n) is 5.81. The summed E-state index contributed by atoms with van der Waals surface area (Å²) in [6, 6.07) is 3.35.